The summed E-state index contributed by atoms with van der Waals surface area (Å²) in [5, 5.41) is 0.995. The van der Waals surface area contributed by atoms with Gasteiger partial charge in [0.15, 0.2) is 5.16 Å². The predicted octanol–water partition coefficient (Wildman–Crippen LogP) is 3.67. The fourth-order valence-electron chi connectivity index (χ4n) is 1.60. The first-order valence-electron chi connectivity index (χ1n) is 6.16. The molecule has 0 aliphatic carbocycles. The molecule has 0 spiro atoms. The molecule has 0 amide bonds. The van der Waals surface area contributed by atoms with E-state index in [9.17, 15) is 0 Å². The van der Waals surface area contributed by atoms with Gasteiger partial charge in [-0.05, 0) is 37.5 Å². The molecule has 0 saturated heterocycles. The number of aromatic nitrogens is 2. The molecule has 2 rings (SSSR count). The van der Waals surface area contributed by atoms with Crippen LogP contribution in [0.4, 0.5) is 0 Å². The van der Waals surface area contributed by atoms with Crippen LogP contribution in [0.2, 0.25) is 0 Å². The number of imidazole rings is 1. The van der Waals surface area contributed by atoms with Crippen LogP contribution in [0.25, 0.3) is 0 Å². The first kappa shape index (κ1) is 13.0. The molecular formula is C14H18N2OS. The van der Waals surface area contributed by atoms with Crippen LogP contribution in [-0.2, 0) is 0 Å². The van der Waals surface area contributed by atoms with Gasteiger partial charge in [0.1, 0.15) is 5.75 Å². The summed E-state index contributed by atoms with van der Waals surface area (Å²) in [5.41, 5.74) is 1.24. The van der Waals surface area contributed by atoms with Crippen molar-refractivity contribution in [3.63, 3.8) is 0 Å². The van der Waals surface area contributed by atoms with Crippen molar-refractivity contribution in [2.24, 2.45) is 0 Å². The van der Waals surface area contributed by atoms with Gasteiger partial charge in [0.25, 0.3) is 0 Å². The van der Waals surface area contributed by atoms with Crippen molar-refractivity contribution in [2.45, 2.75) is 24.9 Å². The number of benzene rings is 1. The van der Waals surface area contributed by atoms with Gasteiger partial charge in [-0.3, -0.25) is 0 Å². The van der Waals surface area contributed by atoms with Crippen molar-refractivity contribution in [1.29, 1.82) is 0 Å². The van der Waals surface area contributed by atoms with Gasteiger partial charge < -0.3 is 9.72 Å². The number of nitrogens with one attached hydrogen (secondary N) is 1. The highest BCUT2D eigenvalue weighted by Gasteiger charge is 1.97. The van der Waals surface area contributed by atoms with E-state index in [1.165, 1.54) is 5.56 Å². The lowest BCUT2D eigenvalue weighted by molar-refractivity contribution is 0.309. The summed E-state index contributed by atoms with van der Waals surface area (Å²) in [6.45, 7) is 2.86. The first-order chi connectivity index (χ1) is 8.84. The lowest BCUT2D eigenvalue weighted by Gasteiger charge is -2.06. The Labute approximate surface area is 112 Å². The molecule has 4 heteroatoms. The Balaban J connectivity index is 1.56. The highest BCUT2D eigenvalue weighted by atomic mass is 32.2. The summed E-state index contributed by atoms with van der Waals surface area (Å²) in [6, 6.07) is 8.17. The monoisotopic (exact) mass is 262 g/mol. The van der Waals surface area contributed by atoms with Gasteiger partial charge in [-0.1, -0.05) is 23.9 Å². The van der Waals surface area contributed by atoms with Crippen molar-refractivity contribution < 1.29 is 4.74 Å². The zero-order valence-corrected chi connectivity index (χ0v) is 11.4. The molecule has 0 bridgehead atoms. The molecule has 1 aromatic heterocycles. The summed E-state index contributed by atoms with van der Waals surface area (Å²) in [7, 11) is 0. The second-order valence-corrected chi connectivity index (χ2v) is 5.20. The maximum absolute atomic E-state index is 5.69. The van der Waals surface area contributed by atoms with Gasteiger partial charge >= 0.3 is 0 Å². The molecule has 3 nitrogen and oxygen atoms in total. The van der Waals surface area contributed by atoms with Crippen LogP contribution >= 0.6 is 11.8 Å². The normalized spacial score (nSPS) is 10.5. The number of thioether (sulfide) groups is 1. The average Bonchev–Trinajstić information content (AvgIpc) is 2.87. The quantitative estimate of drug-likeness (QED) is 0.611. The number of unbranched alkanes of at least 4 members (excludes halogenated alkanes) is 1. The Morgan fingerprint density at radius 2 is 2.28 bits per heavy atom. The molecule has 2 aromatic rings. The first-order valence-corrected chi connectivity index (χ1v) is 7.15. The van der Waals surface area contributed by atoms with Gasteiger partial charge in [-0.15, -0.1) is 0 Å². The lowest BCUT2D eigenvalue weighted by atomic mass is 10.2. The molecule has 1 aromatic carbocycles. The maximum atomic E-state index is 5.69. The summed E-state index contributed by atoms with van der Waals surface area (Å²) >= 11 is 1.75. The number of hydrogen-bond acceptors (Lipinski definition) is 3. The standard InChI is InChI=1S/C14H18N2OS/c1-12-5-4-6-13(11-12)17-9-2-3-10-18-14-15-7-8-16-14/h4-8,11H,2-3,9-10H2,1H3,(H,15,16). The molecule has 18 heavy (non-hydrogen) atoms. The highest BCUT2D eigenvalue weighted by Crippen LogP contribution is 2.15. The third kappa shape index (κ3) is 4.45. The van der Waals surface area contributed by atoms with Crippen molar-refractivity contribution in [3.05, 3.63) is 42.2 Å². The zero-order valence-electron chi connectivity index (χ0n) is 10.6. The SMILES string of the molecule is Cc1cccc(OCCCCSc2ncc[nH]2)c1. The molecule has 1 N–H and O–H groups in total. The van der Waals surface area contributed by atoms with Crippen LogP contribution in [0, 0.1) is 6.92 Å². The Bertz CT molecular complexity index is 457. The van der Waals surface area contributed by atoms with E-state index in [1.807, 2.05) is 18.3 Å². The smallest absolute Gasteiger partial charge is 0.165 e. The van der Waals surface area contributed by atoms with Crippen LogP contribution in [-0.4, -0.2) is 22.3 Å². The highest BCUT2D eigenvalue weighted by molar-refractivity contribution is 7.99. The van der Waals surface area contributed by atoms with Gasteiger partial charge in [0, 0.05) is 18.1 Å². The summed E-state index contributed by atoms with van der Waals surface area (Å²) < 4.78 is 5.69. The predicted molar refractivity (Wildman–Crippen MR) is 75.2 cm³/mol. The third-order valence-corrected chi connectivity index (χ3v) is 3.50. The Morgan fingerprint density at radius 1 is 1.33 bits per heavy atom. The van der Waals surface area contributed by atoms with Crippen molar-refractivity contribution in [1.82, 2.24) is 9.97 Å². The van der Waals surface area contributed by atoms with Crippen LogP contribution < -0.4 is 4.74 Å². The van der Waals surface area contributed by atoms with Crippen LogP contribution in [0.15, 0.2) is 41.8 Å². The lowest BCUT2D eigenvalue weighted by Crippen LogP contribution is -1.98. The maximum Gasteiger partial charge on any atom is 0.165 e. The molecule has 0 atom stereocenters. The minimum absolute atomic E-state index is 0.780. The molecule has 96 valence electrons. The Kier molecular flexibility index (Phi) is 5.15. The van der Waals surface area contributed by atoms with E-state index in [0.29, 0.717) is 0 Å². The minimum atomic E-state index is 0.780. The van der Waals surface area contributed by atoms with Gasteiger partial charge in [-0.2, -0.15) is 0 Å². The summed E-state index contributed by atoms with van der Waals surface area (Å²) in [4.78, 5) is 7.25. The number of aryl methyl sites for hydroxylation is 1. The zero-order chi connectivity index (χ0) is 12.6. The van der Waals surface area contributed by atoms with E-state index in [4.69, 9.17) is 4.74 Å². The van der Waals surface area contributed by atoms with E-state index in [1.54, 1.807) is 18.0 Å². The van der Waals surface area contributed by atoms with Crippen LogP contribution in [0.3, 0.4) is 0 Å². The van der Waals surface area contributed by atoms with Gasteiger partial charge in [0.05, 0.1) is 6.61 Å². The topological polar surface area (TPSA) is 37.9 Å². The molecule has 0 radical (unpaired) electrons. The average molecular weight is 262 g/mol. The number of rotatable bonds is 7. The van der Waals surface area contributed by atoms with Crippen molar-refractivity contribution >= 4 is 11.8 Å². The largest absolute Gasteiger partial charge is 0.494 e. The molecular weight excluding hydrogens is 244 g/mol. The Morgan fingerprint density at radius 3 is 3.06 bits per heavy atom. The molecule has 0 unspecified atom stereocenters. The number of nitrogens with zero attached hydrogens (tertiary/aromatic N) is 1. The molecule has 1 heterocycles. The van der Waals surface area contributed by atoms with E-state index in [2.05, 4.69) is 29.0 Å². The minimum Gasteiger partial charge on any atom is -0.494 e. The van der Waals surface area contributed by atoms with Crippen molar-refractivity contribution in [3.8, 4) is 5.75 Å². The number of aromatic amines is 1. The third-order valence-electron chi connectivity index (χ3n) is 2.51. The van der Waals surface area contributed by atoms with Gasteiger partial charge in [0.2, 0.25) is 0 Å². The number of ether oxygens (including phenoxy) is 1. The molecule has 0 aliphatic heterocycles. The summed E-state index contributed by atoms with van der Waals surface area (Å²) in [5.74, 6) is 2.04. The fraction of sp³-hybridized carbons (Fsp3) is 0.357. The van der Waals surface area contributed by atoms with E-state index in [0.717, 1.165) is 36.1 Å². The van der Waals surface area contributed by atoms with Gasteiger partial charge in [-0.25, -0.2) is 4.98 Å². The number of H-pyrrole nitrogens is 1. The molecule has 0 aliphatic rings. The van der Waals surface area contributed by atoms with E-state index >= 15 is 0 Å². The van der Waals surface area contributed by atoms with E-state index < -0.39 is 0 Å². The van der Waals surface area contributed by atoms with E-state index in [-0.39, 0.29) is 0 Å². The Hall–Kier alpha value is -1.42. The van der Waals surface area contributed by atoms with Crippen molar-refractivity contribution in [2.75, 3.05) is 12.4 Å². The molecule has 0 fully saturated rings. The fourth-order valence-corrected chi connectivity index (χ4v) is 2.43. The molecule has 0 saturated carbocycles. The van der Waals surface area contributed by atoms with Crippen LogP contribution in [0.5, 0.6) is 5.75 Å². The summed E-state index contributed by atoms with van der Waals surface area (Å²) in [6.07, 6.45) is 5.84. The second-order valence-electron chi connectivity index (χ2n) is 4.11. The van der Waals surface area contributed by atoms with Crippen LogP contribution in [0.1, 0.15) is 18.4 Å². The second kappa shape index (κ2) is 7.11. The number of hydrogen-bond donors (Lipinski definition) is 1.